The number of methoxy groups -OCH3 is 1. The van der Waals surface area contributed by atoms with Crippen LogP contribution in [0.5, 0.6) is 11.5 Å². The average Bonchev–Trinajstić information content (AvgIpc) is 3.00. The predicted molar refractivity (Wildman–Crippen MR) is 158 cm³/mol. The minimum Gasteiger partial charge on any atom is -0.493 e. The van der Waals surface area contributed by atoms with Crippen molar-refractivity contribution in [1.82, 2.24) is 4.90 Å². The van der Waals surface area contributed by atoms with E-state index in [-0.39, 0.29) is 49.2 Å². The molecule has 12 nitrogen and oxygen atoms in total. The highest BCUT2D eigenvalue weighted by Gasteiger charge is 2.24. The molecule has 0 saturated carbocycles. The van der Waals surface area contributed by atoms with E-state index in [1.54, 1.807) is 36.4 Å². The molecule has 43 heavy (non-hydrogen) atoms. The van der Waals surface area contributed by atoms with Gasteiger partial charge in [0.1, 0.15) is 6.10 Å². The van der Waals surface area contributed by atoms with Gasteiger partial charge in [0.15, 0.2) is 11.5 Å². The summed E-state index contributed by atoms with van der Waals surface area (Å²) >= 11 is 0. The van der Waals surface area contributed by atoms with E-state index in [1.807, 2.05) is 25.7 Å². The van der Waals surface area contributed by atoms with Crippen LogP contribution in [0.4, 0.5) is 0 Å². The van der Waals surface area contributed by atoms with E-state index in [9.17, 15) is 24.5 Å². The van der Waals surface area contributed by atoms with E-state index in [0.29, 0.717) is 17.5 Å². The van der Waals surface area contributed by atoms with Crippen LogP contribution in [0.25, 0.3) is 6.08 Å². The lowest BCUT2D eigenvalue weighted by Crippen LogP contribution is -2.31. The lowest BCUT2D eigenvalue weighted by molar-refractivity contribution is -0.757. The molecule has 0 amide bonds. The Labute approximate surface area is 251 Å². The first-order valence-electron chi connectivity index (χ1n) is 14.2. The van der Waals surface area contributed by atoms with Crippen LogP contribution in [0.2, 0.25) is 0 Å². The Morgan fingerprint density at radius 3 is 2.42 bits per heavy atom. The summed E-state index contributed by atoms with van der Waals surface area (Å²) in [6.07, 6.45) is 4.51. The number of hydrogen-bond acceptors (Lipinski definition) is 11. The summed E-state index contributed by atoms with van der Waals surface area (Å²) in [5.74, 6) is -1.21. The molecule has 234 valence electrons. The normalized spacial score (nSPS) is 11.7. The number of esters is 3. The van der Waals surface area contributed by atoms with Gasteiger partial charge in [-0.15, -0.1) is 10.1 Å². The van der Waals surface area contributed by atoms with Gasteiger partial charge in [-0.2, -0.15) is 0 Å². The van der Waals surface area contributed by atoms with Crippen molar-refractivity contribution in [2.24, 2.45) is 0 Å². The summed E-state index contributed by atoms with van der Waals surface area (Å²) in [5, 5.41) is 9.22. The highest BCUT2D eigenvalue weighted by atomic mass is 16.9. The third-order valence-corrected chi connectivity index (χ3v) is 6.40. The zero-order valence-electron chi connectivity index (χ0n) is 25.1. The van der Waals surface area contributed by atoms with Crippen molar-refractivity contribution in [2.45, 2.75) is 52.6 Å². The Morgan fingerprint density at radius 1 is 1.00 bits per heavy atom. The third kappa shape index (κ3) is 12.1. The zero-order valence-corrected chi connectivity index (χ0v) is 25.1. The first-order chi connectivity index (χ1) is 20.7. The minimum atomic E-state index is -0.911. The molecular weight excluding hydrogens is 560 g/mol. The molecule has 12 heteroatoms. The highest BCUT2D eigenvalue weighted by molar-refractivity contribution is 5.93. The van der Waals surface area contributed by atoms with Crippen LogP contribution < -0.4 is 9.47 Å². The summed E-state index contributed by atoms with van der Waals surface area (Å²) in [7, 11) is 1.42. The fourth-order valence-corrected chi connectivity index (χ4v) is 4.07. The summed E-state index contributed by atoms with van der Waals surface area (Å²) < 4.78 is 22.0. The van der Waals surface area contributed by atoms with E-state index >= 15 is 0 Å². The lowest BCUT2D eigenvalue weighted by Gasteiger charge is -2.23. The summed E-state index contributed by atoms with van der Waals surface area (Å²) in [4.78, 5) is 54.3. The molecule has 2 rings (SSSR count). The summed E-state index contributed by atoms with van der Waals surface area (Å²) in [5.41, 5.74) is 1.41. The molecule has 0 N–H and O–H groups in total. The number of carbonyl (C=O) groups excluding carboxylic acids is 3. The zero-order chi connectivity index (χ0) is 31.6. The van der Waals surface area contributed by atoms with Crippen LogP contribution in [0.3, 0.4) is 0 Å². The van der Waals surface area contributed by atoms with Crippen molar-refractivity contribution in [1.29, 1.82) is 0 Å². The molecule has 0 aliphatic rings. The quantitative estimate of drug-likeness (QED) is 0.0525. The monoisotopic (exact) mass is 600 g/mol. The SMILES string of the molecule is CCCCC(OC(=O)CN(CC)CC)c1ccccc1C(=O)Oc1ccc(/C=C/C(=O)OCCCO[N+](=O)[O-])cc1OC. The number of unbranched alkanes of at least 4 members (excludes halogenated alkanes) is 1. The Hall–Kier alpha value is -4.45. The molecule has 0 heterocycles. The molecule has 1 unspecified atom stereocenters. The predicted octanol–water partition coefficient (Wildman–Crippen LogP) is 5.19. The number of hydrogen-bond donors (Lipinski definition) is 0. The highest BCUT2D eigenvalue weighted by Crippen LogP contribution is 2.32. The smallest absolute Gasteiger partial charge is 0.344 e. The fraction of sp³-hybridized carbons (Fsp3) is 0.452. The maximum Gasteiger partial charge on any atom is 0.344 e. The summed E-state index contributed by atoms with van der Waals surface area (Å²) in [6.45, 7) is 7.39. The van der Waals surface area contributed by atoms with E-state index in [4.69, 9.17) is 18.9 Å². The maximum atomic E-state index is 13.4. The van der Waals surface area contributed by atoms with Gasteiger partial charge in [0, 0.05) is 18.1 Å². The van der Waals surface area contributed by atoms with Crippen molar-refractivity contribution in [2.75, 3.05) is 40.0 Å². The van der Waals surface area contributed by atoms with Crippen molar-refractivity contribution in [3.63, 3.8) is 0 Å². The van der Waals surface area contributed by atoms with E-state index in [0.717, 1.165) is 25.9 Å². The molecule has 0 aliphatic carbocycles. The van der Waals surface area contributed by atoms with Gasteiger partial charge < -0.3 is 23.8 Å². The molecule has 0 radical (unpaired) electrons. The number of likely N-dealkylation sites (N-methyl/N-ethyl adjacent to an activating group) is 1. The van der Waals surface area contributed by atoms with Crippen LogP contribution in [-0.4, -0.2) is 67.9 Å². The topological polar surface area (TPSA) is 144 Å². The second-order valence-corrected chi connectivity index (χ2v) is 9.38. The molecule has 0 fully saturated rings. The molecular formula is C31H40N2O10. The Balaban J connectivity index is 2.15. The molecule has 2 aromatic carbocycles. The van der Waals surface area contributed by atoms with Gasteiger partial charge in [-0.3, -0.25) is 9.69 Å². The van der Waals surface area contributed by atoms with E-state index in [2.05, 4.69) is 4.84 Å². The third-order valence-electron chi connectivity index (χ3n) is 6.40. The van der Waals surface area contributed by atoms with Gasteiger partial charge in [0.2, 0.25) is 0 Å². The van der Waals surface area contributed by atoms with E-state index < -0.39 is 23.1 Å². The number of rotatable bonds is 19. The number of ether oxygens (including phenoxy) is 4. The number of nitrogens with zero attached hydrogens (tertiary/aromatic N) is 2. The molecule has 0 spiro atoms. The van der Waals surface area contributed by atoms with Gasteiger partial charge >= 0.3 is 17.9 Å². The van der Waals surface area contributed by atoms with Gasteiger partial charge in [-0.05, 0) is 55.8 Å². The van der Waals surface area contributed by atoms with Crippen LogP contribution >= 0.6 is 0 Å². The first kappa shape index (κ1) is 34.7. The van der Waals surface area contributed by atoms with Crippen LogP contribution in [0.15, 0.2) is 48.5 Å². The van der Waals surface area contributed by atoms with Crippen LogP contribution in [-0.2, 0) is 23.9 Å². The van der Waals surface area contributed by atoms with Gasteiger partial charge in [-0.25, -0.2) is 9.59 Å². The fourth-order valence-electron chi connectivity index (χ4n) is 4.07. The molecule has 2 aromatic rings. The largest absolute Gasteiger partial charge is 0.493 e. The van der Waals surface area contributed by atoms with Gasteiger partial charge in [-0.1, -0.05) is 51.5 Å². The molecule has 0 bridgehead atoms. The second-order valence-electron chi connectivity index (χ2n) is 9.38. The number of carbonyl (C=O) groups is 3. The average molecular weight is 601 g/mol. The Morgan fingerprint density at radius 2 is 1.74 bits per heavy atom. The molecule has 1 atom stereocenters. The minimum absolute atomic E-state index is 0.0366. The molecule has 0 saturated heterocycles. The summed E-state index contributed by atoms with van der Waals surface area (Å²) in [6, 6.07) is 11.7. The Bertz CT molecular complexity index is 1240. The number of benzene rings is 2. The van der Waals surface area contributed by atoms with Crippen LogP contribution in [0, 0.1) is 10.1 Å². The van der Waals surface area contributed by atoms with E-state index in [1.165, 1.54) is 25.3 Å². The van der Waals surface area contributed by atoms with Crippen LogP contribution in [0.1, 0.15) is 74.0 Å². The Kier molecular flexibility index (Phi) is 15.3. The van der Waals surface area contributed by atoms with Crippen molar-refractivity contribution >= 4 is 24.0 Å². The maximum absolute atomic E-state index is 13.4. The van der Waals surface area contributed by atoms with Gasteiger partial charge in [0.25, 0.3) is 5.09 Å². The molecule has 0 aliphatic heterocycles. The van der Waals surface area contributed by atoms with Gasteiger partial charge in [0.05, 0.1) is 32.4 Å². The van der Waals surface area contributed by atoms with Crippen molar-refractivity contribution in [3.05, 3.63) is 75.3 Å². The standard InChI is InChI=1S/C31H40N2O10/c1-5-8-14-26(42-30(35)22-32(6-2)7-3)24-12-9-10-13-25(24)31(36)43-27-17-15-23(21-28(27)39-4)16-18-29(34)40-19-11-20-41-33(37)38/h9-10,12-13,15-18,21,26H,5-8,11,14,19-20,22H2,1-4H3/b18-16+. The lowest BCUT2D eigenvalue weighted by atomic mass is 9.98. The first-order valence-corrected chi connectivity index (χ1v) is 14.2. The second kappa shape index (κ2) is 18.9. The van der Waals surface area contributed by atoms with Crippen molar-refractivity contribution < 1.29 is 43.3 Å². The van der Waals surface area contributed by atoms with Crippen molar-refractivity contribution in [3.8, 4) is 11.5 Å². The molecule has 0 aromatic heterocycles.